The van der Waals surface area contributed by atoms with Crippen molar-refractivity contribution in [3.63, 3.8) is 0 Å². The van der Waals surface area contributed by atoms with Gasteiger partial charge in [-0.3, -0.25) is 14.2 Å². The van der Waals surface area contributed by atoms with Gasteiger partial charge in [0.1, 0.15) is 5.75 Å². The third kappa shape index (κ3) is 3.41. The van der Waals surface area contributed by atoms with Gasteiger partial charge in [-0.2, -0.15) is 0 Å². The van der Waals surface area contributed by atoms with Crippen molar-refractivity contribution in [1.82, 2.24) is 4.57 Å². The third-order valence-electron chi connectivity index (χ3n) is 4.15. The van der Waals surface area contributed by atoms with Crippen LogP contribution in [0.2, 0.25) is 0 Å². The van der Waals surface area contributed by atoms with Crippen LogP contribution in [0.1, 0.15) is 22.8 Å². The van der Waals surface area contributed by atoms with Gasteiger partial charge in [0.15, 0.2) is 0 Å². The minimum absolute atomic E-state index is 0.00944. The molecule has 0 spiro atoms. The van der Waals surface area contributed by atoms with Gasteiger partial charge in [0, 0.05) is 17.8 Å². The number of hydrogen-bond donors (Lipinski definition) is 1. The lowest BCUT2D eigenvalue weighted by molar-refractivity contribution is 0.102. The second-order valence-electron chi connectivity index (χ2n) is 5.77. The van der Waals surface area contributed by atoms with Gasteiger partial charge >= 0.3 is 4.87 Å². The molecule has 0 saturated carbocycles. The Kier molecular flexibility index (Phi) is 5.23. The molecule has 5 nitrogen and oxygen atoms in total. The zero-order chi connectivity index (χ0) is 18.7. The van der Waals surface area contributed by atoms with Crippen LogP contribution in [0.4, 0.5) is 5.69 Å². The Labute approximate surface area is 155 Å². The molecule has 0 fully saturated rings. The van der Waals surface area contributed by atoms with E-state index in [9.17, 15) is 9.59 Å². The maximum atomic E-state index is 12.6. The van der Waals surface area contributed by atoms with Gasteiger partial charge in [0.2, 0.25) is 0 Å². The van der Waals surface area contributed by atoms with Crippen LogP contribution in [0.15, 0.2) is 53.8 Å². The Morgan fingerprint density at radius 1 is 1.31 bits per heavy atom. The Morgan fingerprint density at radius 2 is 2.12 bits per heavy atom. The molecule has 0 aliphatic rings. The van der Waals surface area contributed by atoms with Crippen LogP contribution in [-0.4, -0.2) is 17.6 Å². The first-order chi connectivity index (χ1) is 12.6. The molecule has 0 aliphatic heterocycles. The monoisotopic (exact) mass is 368 g/mol. The molecule has 0 aliphatic carbocycles. The Hall–Kier alpha value is -2.86. The first-order valence-corrected chi connectivity index (χ1v) is 9.11. The van der Waals surface area contributed by atoms with Gasteiger partial charge in [0.05, 0.1) is 17.3 Å². The Morgan fingerprint density at radius 3 is 2.81 bits per heavy atom. The average molecular weight is 368 g/mol. The molecule has 1 N–H and O–H groups in total. The second kappa shape index (κ2) is 7.58. The summed E-state index contributed by atoms with van der Waals surface area (Å²) in [4.78, 5) is 24.6. The minimum atomic E-state index is -0.209. The molecule has 0 radical (unpaired) electrons. The molecule has 3 aromatic rings. The van der Waals surface area contributed by atoms with Crippen LogP contribution in [-0.2, 0) is 13.0 Å². The molecule has 6 heteroatoms. The van der Waals surface area contributed by atoms with E-state index in [0.29, 0.717) is 24.2 Å². The molecule has 2 aromatic carbocycles. The summed E-state index contributed by atoms with van der Waals surface area (Å²) >= 11 is 1.18. The van der Waals surface area contributed by atoms with E-state index in [1.165, 1.54) is 11.3 Å². The summed E-state index contributed by atoms with van der Waals surface area (Å²) in [5, 5.41) is 2.89. The van der Waals surface area contributed by atoms with Crippen molar-refractivity contribution in [2.45, 2.75) is 19.9 Å². The predicted octanol–water partition coefficient (Wildman–Crippen LogP) is 4.07. The molecule has 1 heterocycles. The number of allylic oxidation sites excluding steroid dienone is 1. The maximum Gasteiger partial charge on any atom is 0.308 e. The molecule has 0 atom stereocenters. The lowest BCUT2D eigenvalue weighted by Gasteiger charge is -2.10. The van der Waals surface area contributed by atoms with Crippen LogP contribution >= 0.6 is 11.3 Å². The number of nitrogens with zero attached hydrogens (tertiary/aromatic N) is 1. The molecular weight excluding hydrogens is 348 g/mol. The molecule has 1 amide bonds. The number of ether oxygens (including phenoxy) is 1. The molecule has 0 saturated heterocycles. The van der Waals surface area contributed by atoms with E-state index >= 15 is 0 Å². The highest BCUT2D eigenvalue weighted by atomic mass is 32.1. The smallest absolute Gasteiger partial charge is 0.308 e. The zero-order valence-electron chi connectivity index (χ0n) is 14.7. The van der Waals surface area contributed by atoms with E-state index in [0.717, 1.165) is 21.5 Å². The number of nitrogens with one attached hydrogen (secondary N) is 1. The third-order valence-corrected chi connectivity index (χ3v) is 5.09. The van der Waals surface area contributed by atoms with E-state index in [1.54, 1.807) is 36.0 Å². The van der Waals surface area contributed by atoms with Gasteiger partial charge < -0.3 is 10.1 Å². The SMILES string of the molecule is C=CCc1cc(C(=O)Nc2ccc3c(c2)sc(=O)n3CC)ccc1OC. The summed E-state index contributed by atoms with van der Waals surface area (Å²) in [6.45, 7) is 6.30. The number of thiazole rings is 1. The first-order valence-electron chi connectivity index (χ1n) is 8.30. The largest absolute Gasteiger partial charge is 0.496 e. The van der Waals surface area contributed by atoms with E-state index < -0.39 is 0 Å². The molecular formula is C20H20N2O3S. The van der Waals surface area contributed by atoms with Crippen molar-refractivity contribution in [2.75, 3.05) is 12.4 Å². The number of hydrogen-bond acceptors (Lipinski definition) is 4. The van der Waals surface area contributed by atoms with E-state index in [4.69, 9.17) is 4.74 Å². The summed E-state index contributed by atoms with van der Waals surface area (Å²) in [5.74, 6) is 0.521. The van der Waals surface area contributed by atoms with Gasteiger partial charge in [-0.1, -0.05) is 17.4 Å². The fourth-order valence-corrected chi connectivity index (χ4v) is 3.88. The van der Waals surface area contributed by atoms with Crippen LogP contribution in [0.5, 0.6) is 5.75 Å². The molecule has 0 bridgehead atoms. The number of benzene rings is 2. The summed E-state index contributed by atoms with van der Waals surface area (Å²) in [6.07, 6.45) is 2.39. The molecule has 134 valence electrons. The average Bonchev–Trinajstić information content (AvgIpc) is 2.96. The number of rotatable bonds is 6. The lowest BCUT2D eigenvalue weighted by atomic mass is 10.1. The second-order valence-corrected chi connectivity index (χ2v) is 6.76. The fraction of sp³-hybridized carbons (Fsp3) is 0.200. The predicted molar refractivity (Wildman–Crippen MR) is 107 cm³/mol. The van der Waals surface area contributed by atoms with Crippen molar-refractivity contribution < 1.29 is 9.53 Å². The summed E-state index contributed by atoms with van der Waals surface area (Å²) in [7, 11) is 1.60. The van der Waals surface area contributed by atoms with Crippen molar-refractivity contribution in [3.8, 4) is 5.75 Å². The number of carbonyl (C=O) groups excluding carboxylic acids is 1. The normalized spacial score (nSPS) is 10.7. The van der Waals surface area contributed by atoms with E-state index in [-0.39, 0.29) is 10.8 Å². The molecule has 0 unspecified atom stereocenters. The minimum Gasteiger partial charge on any atom is -0.496 e. The number of anilines is 1. The van der Waals surface area contributed by atoms with Gasteiger partial charge in [-0.05, 0) is 55.3 Å². The number of aromatic nitrogens is 1. The van der Waals surface area contributed by atoms with Crippen LogP contribution < -0.4 is 14.9 Å². The number of amides is 1. The van der Waals surface area contributed by atoms with Crippen molar-refractivity contribution in [2.24, 2.45) is 0 Å². The zero-order valence-corrected chi connectivity index (χ0v) is 15.6. The van der Waals surface area contributed by atoms with Crippen LogP contribution in [0, 0.1) is 0 Å². The number of aryl methyl sites for hydroxylation is 1. The van der Waals surface area contributed by atoms with Crippen molar-refractivity contribution in [3.05, 3.63) is 69.8 Å². The van der Waals surface area contributed by atoms with Crippen LogP contribution in [0.25, 0.3) is 10.2 Å². The molecule has 1 aromatic heterocycles. The summed E-state index contributed by atoms with van der Waals surface area (Å²) < 4.78 is 7.89. The van der Waals surface area contributed by atoms with Crippen molar-refractivity contribution >= 4 is 33.1 Å². The van der Waals surface area contributed by atoms with Gasteiger partial charge in [0.25, 0.3) is 5.91 Å². The summed E-state index contributed by atoms with van der Waals surface area (Å²) in [5.41, 5.74) is 3.00. The maximum absolute atomic E-state index is 12.6. The summed E-state index contributed by atoms with van der Waals surface area (Å²) in [6, 6.07) is 10.8. The van der Waals surface area contributed by atoms with Crippen LogP contribution in [0.3, 0.4) is 0 Å². The number of methoxy groups -OCH3 is 1. The highest BCUT2D eigenvalue weighted by Gasteiger charge is 2.12. The first kappa shape index (κ1) is 17.9. The highest BCUT2D eigenvalue weighted by molar-refractivity contribution is 7.16. The van der Waals surface area contributed by atoms with Crippen molar-refractivity contribution in [1.29, 1.82) is 0 Å². The topological polar surface area (TPSA) is 60.3 Å². The molecule has 26 heavy (non-hydrogen) atoms. The van der Waals surface area contributed by atoms with E-state index in [2.05, 4.69) is 11.9 Å². The number of carbonyl (C=O) groups is 1. The van der Waals surface area contributed by atoms with Gasteiger partial charge in [-0.25, -0.2) is 0 Å². The standard InChI is InChI=1S/C20H20N2O3S/c1-4-6-13-11-14(7-10-17(13)25-3)19(23)21-15-8-9-16-18(12-15)26-20(24)22(16)5-2/h4,7-12H,1,5-6H2,2-3H3,(H,21,23). The Balaban J connectivity index is 1.88. The quantitative estimate of drug-likeness (QED) is 0.667. The highest BCUT2D eigenvalue weighted by Crippen LogP contribution is 2.24. The van der Waals surface area contributed by atoms with E-state index in [1.807, 2.05) is 25.1 Å². The Bertz CT molecular complexity index is 1030. The van der Waals surface area contributed by atoms with Gasteiger partial charge in [-0.15, -0.1) is 6.58 Å². The number of fused-ring (bicyclic) bond motifs is 1. The fourth-order valence-electron chi connectivity index (χ4n) is 2.88. The lowest BCUT2D eigenvalue weighted by Crippen LogP contribution is -2.12. The molecule has 3 rings (SSSR count).